The van der Waals surface area contributed by atoms with Gasteiger partial charge in [0.1, 0.15) is 4.32 Å². The molecular formula is C18H23NO4S2. The van der Waals surface area contributed by atoms with E-state index in [1.165, 1.54) is 11.8 Å². The number of thioether (sulfide) groups is 1. The summed E-state index contributed by atoms with van der Waals surface area (Å²) in [5.41, 5.74) is 0.868. The molecule has 25 heavy (non-hydrogen) atoms. The maximum atomic E-state index is 12.5. The van der Waals surface area contributed by atoms with Crippen LogP contribution in [0, 0.1) is 0 Å². The van der Waals surface area contributed by atoms with Gasteiger partial charge in [0, 0.05) is 7.11 Å². The Labute approximate surface area is 158 Å². The highest BCUT2D eigenvalue weighted by molar-refractivity contribution is 8.26. The van der Waals surface area contributed by atoms with Crippen molar-refractivity contribution in [3.8, 4) is 11.5 Å². The van der Waals surface area contributed by atoms with Gasteiger partial charge < -0.3 is 14.2 Å². The lowest BCUT2D eigenvalue weighted by Gasteiger charge is -2.13. The summed E-state index contributed by atoms with van der Waals surface area (Å²) in [4.78, 5) is 14.6. The second-order valence-corrected chi connectivity index (χ2v) is 7.11. The first-order chi connectivity index (χ1) is 12.1. The van der Waals surface area contributed by atoms with Crippen molar-refractivity contribution in [2.45, 2.75) is 19.8 Å². The van der Waals surface area contributed by atoms with E-state index in [1.54, 1.807) is 19.1 Å². The first-order valence-electron chi connectivity index (χ1n) is 8.15. The van der Waals surface area contributed by atoms with Gasteiger partial charge in [0.2, 0.25) is 0 Å². The van der Waals surface area contributed by atoms with Gasteiger partial charge in [0.15, 0.2) is 11.5 Å². The van der Waals surface area contributed by atoms with Crippen molar-refractivity contribution in [3.63, 3.8) is 0 Å². The molecule has 1 saturated heterocycles. The third-order valence-electron chi connectivity index (χ3n) is 3.63. The third-order valence-corrected chi connectivity index (χ3v) is 5.01. The fourth-order valence-corrected chi connectivity index (χ4v) is 3.55. The van der Waals surface area contributed by atoms with Crippen molar-refractivity contribution in [1.29, 1.82) is 0 Å². The standard InChI is InChI=1S/C18H23NO4S2/c1-4-5-9-23-14-7-6-13(11-15(14)22-3)12-16-17(20)19(8-10-21-2)18(24)25-16/h6-7,11-12H,4-5,8-10H2,1-3H3/b16-12-. The van der Waals surface area contributed by atoms with Crippen molar-refractivity contribution in [2.75, 3.05) is 34.0 Å². The summed E-state index contributed by atoms with van der Waals surface area (Å²) in [5, 5.41) is 0. The molecule has 0 bridgehead atoms. The molecule has 0 aromatic heterocycles. The van der Waals surface area contributed by atoms with Crippen molar-refractivity contribution >= 4 is 40.3 Å². The van der Waals surface area contributed by atoms with E-state index in [4.69, 9.17) is 26.4 Å². The maximum Gasteiger partial charge on any atom is 0.266 e. The predicted octanol–water partition coefficient (Wildman–Crippen LogP) is 3.72. The second kappa shape index (κ2) is 9.79. The first-order valence-corrected chi connectivity index (χ1v) is 9.38. The summed E-state index contributed by atoms with van der Waals surface area (Å²) in [6, 6.07) is 5.64. The Kier molecular flexibility index (Phi) is 7.74. The number of hydrogen-bond donors (Lipinski definition) is 0. The first kappa shape index (κ1) is 19.8. The summed E-state index contributed by atoms with van der Waals surface area (Å²) in [6.07, 6.45) is 3.89. The Bertz CT molecular complexity index is 660. The molecule has 1 fully saturated rings. The van der Waals surface area contributed by atoms with Crippen LogP contribution in [0.3, 0.4) is 0 Å². The number of carbonyl (C=O) groups excluding carboxylic acids is 1. The highest BCUT2D eigenvalue weighted by Crippen LogP contribution is 2.34. The monoisotopic (exact) mass is 381 g/mol. The SMILES string of the molecule is CCCCOc1ccc(/C=C2\SC(=S)N(CCOC)C2=O)cc1OC. The van der Waals surface area contributed by atoms with Gasteiger partial charge in [-0.3, -0.25) is 9.69 Å². The number of ether oxygens (including phenoxy) is 3. The van der Waals surface area contributed by atoms with E-state index in [0.717, 1.165) is 18.4 Å². The molecule has 7 heteroatoms. The maximum absolute atomic E-state index is 12.5. The number of nitrogens with zero attached hydrogens (tertiary/aromatic N) is 1. The lowest BCUT2D eigenvalue weighted by molar-refractivity contribution is -0.122. The molecule has 0 unspecified atom stereocenters. The largest absolute Gasteiger partial charge is 0.493 e. The number of methoxy groups -OCH3 is 2. The van der Waals surface area contributed by atoms with Crippen molar-refractivity contribution in [2.24, 2.45) is 0 Å². The van der Waals surface area contributed by atoms with Crippen LogP contribution in [-0.4, -0.2) is 49.1 Å². The van der Waals surface area contributed by atoms with Crippen LogP contribution < -0.4 is 9.47 Å². The normalized spacial score (nSPS) is 16.0. The minimum absolute atomic E-state index is 0.0886. The second-order valence-electron chi connectivity index (χ2n) is 5.44. The predicted molar refractivity (Wildman–Crippen MR) is 105 cm³/mol. The van der Waals surface area contributed by atoms with Crippen LogP contribution in [0.2, 0.25) is 0 Å². The molecule has 5 nitrogen and oxygen atoms in total. The van der Waals surface area contributed by atoms with Gasteiger partial charge in [-0.2, -0.15) is 0 Å². The number of rotatable bonds is 9. The summed E-state index contributed by atoms with van der Waals surface area (Å²) >= 11 is 6.58. The highest BCUT2D eigenvalue weighted by Gasteiger charge is 2.31. The van der Waals surface area contributed by atoms with Crippen LogP contribution in [0.5, 0.6) is 11.5 Å². The molecule has 136 valence electrons. The molecule has 1 aliphatic heterocycles. The summed E-state index contributed by atoms with van der Waals surface area (Å²) in [6.45, 7) is 3.69. The molecule has 1 aromatic rings. The zero-order valence-electron chi connectivity index (χ0n) is 14.7. The average Bonchev–Trinajstić information content (AvgIpc) is 2.87. The van der Waals surface area contributed by atoms with Gasteiger partial charge >= 0.3 is 0 Å². The van der Waals surface area contributed by atoms with E-state index in [2.05, 4.69) is 6.92 Å². The van der Waals surface area contributed by atoms with E-state index < -0.39 is 0 Å². The number of carbonyl (C=O) groups is 1. The number of benzene rings is 1. The average molecular weight is 382 g/mol. The zero-order valence-corrected chi connectivity index (χ0v) is 16.4. The van der Waals surface area contributed by atoms with Crippen LogP contribution >= 0.6 is 24.0 Å². The smallest absolute Gasteiger partial charge is 0.266 e. The van der Waals surface area contributed by atoms with Crippen LogP contribution in [0.4, 0.5) is 0 Å². The lowest BCUT2D eigenvalue weighted by atomic mass is 10.2. The molecule has 1 aromatic carbocycles. The Morgan fingerprint density at radius 2 is 2.04 bits per heavy atom. The van der Waals surface area contributed by atoms with Gasteiger partial charge in [-0.15, -0.1) is 0 Å². The number of unbranched alkanes of at least 4 members (excludes halogenated alkanes) is 1. The molecule has 0 radical (unpaired) electrons. The molecule has 1 amide bonds. The van der Waals surface area contributed by atoms with Gasteiger partial charge in [-0.25, -0.2) is 0 Å². The van der Waals surface area contributed by atoms with Gasteiger partial charge in [0.25, 0.3) is 5.91 Å². The number of amides is 1. The summed E-state index contributed by atoms with van der Waals surface area (Å²) in [5.74, 6) is 1.27. The van der Waals surface area contributed by atoms with Crippen molar-refractivity contribution in [3.05, 3.63) is 28.7 Å². The van der Waals surface area contributed by atoms with E-state index in [9.17, 15) is 4.79 Å². The van der Waals surface area contributed by atoms with Crippen molar-refractivity contribution < 1.29 is 19.0 Å². The summed E-state index contributed by atoms with van der Waals surface area (Å²) in [7, 11) is 3.21. The summed E-state index contributed by atoms with van der Waals surface area (Å²) < 4.78 is 16.7. The highest BCUT2D eigenvalue weighted by atomic mass is 32.2. The Hall–Kier alpha value is -1.57. The van der Waals surface area contributed by atoms with Crippen LogP contribution in [-0.2, 0) is 9.53 Å². The topological polar surface area (TPSA) is 48.0 Å². The zero-order chi connectivity index (χ0) is 18.2. The van der Waals surface area contributed by atoms with E-state index in [0.29, 0.717) is 40.5 Å². The fraction of sp³-hybridized carbons (Fsp3) is 0.444. The van der Waals surface area contributed by atoms with Crippen molar-refractivity contribution in [1.82, 2.24) is 4.90 Å². The Morgan fingerprint density at radius 3 is 2.72 bits per heavy atom. The Morgan fingerprint density at radius 1 is 1.24 bits per heavy atom. The molecule has 1 aliphatic rings. The van der Waals surface area contributed by atoms with Gasteiger partial charge in [-0.05, 0) is 30.2 Å². The molecule has 2 rings (SSSR count). The number of hydrogen-bond acceptors (Lipinski definition) is 6. The lowest BCUT2D eigenvalue weighted by Crippen LogP contribution is -2.31. The number of thiocarbonyl (C=S) groups is 1. The molecule has 0 aliphatic carbocycles. The van der Waals surface area contributed by atoms with Crippen LogP contribution in [0.25, 0.3) is 6.08 Å². The van der Waals surface area contributed by atoms with Crippen LogP contribution in [0.1, 0.15) is 25.3 Å². The molecule has 0 saturated carbocycles. The molecular weight excluding hydrogens is 358 g/mol. The van der Waals surface area contributed by atoms with Gasteiger partial charge in [-0.1, -0.05) is 43.4 Å². The van der Waals surface area contributed by atoms with E-state index in [1.807, 2.05) is 24.3 Å². The van der Waals surface area contributed by atoms with Crippen LogP contribution in [0.15, 0.2) is 23.1 Å². The fourth-order valence-electron chi connectivity index (χ4n) is 2.25. The van der Waals surface area contributed by atoms with E-state index >= 15 is 0 Å². The quantitative estimate of drug-likeness (QED) is 0.369. The third kappa shape index (κ3) is 5.20. The van der Waals surface area contributed by atoms with Gasteiger partial charge in [0.05, 0.1) is 31.8 Å². The minimum Gasteiger partial charge on any atom is -0.493 e. The minimum atomic E-state index is -0.0886. The molecule has 1 heterocycles. The molecule has 0 N–H and O–H groups in total. The Balaban J connectivity index is 2.15. The molecule has 0 spiro atoms. The van der Waals surface area contributed by atoms with E-state index in [-0.39, 0.29) is 5.91 Å². The molecule has 0 atom stereocenters.